The van der Waals surface area contributed by atoms with Crippen molar-refractivity contribution in [3.05, 3.63) is 77.6 Å². The fourth-order valence-corrected chi connectivity index (χ4v) is 3.95. The number of nitrogens with zero attached hydrogens (tertiary/aromatic N) is 1. The number of carbonyl (C=O) groups excluding carboxylic acids is 4. The first-order valence-corrected chi connectivity index (χ1v) is 12.2. The third kappa shape index (κ3) is 7.70. The molecule has 0 spiro atoms. The number of aryl methyl sites for hydroxylation is 1. The minimum Gasteiger partial charge on any atom is -0.467 e. The van der Waals surface area contributed by atoms with E-state index in [0.29, 0.717) is 40.3 Å². The highest BCUT2D eigenvalue weighted by molar-refractivity contribution is 6.07. The second kappa shape index (κ2) is 12.6. The van der Waals surface area contributed by atoms with Gasteiger partial charge in [-0.3, -0.25) is 14.4 Å². The Kier molecular flexibility index (Phi) is 9.26. The zero-order valence-corrected chi connectivity index (χ0v) is 21.9. The predicted octanol–water partition coefficient (Wildman–Crippen LogP) is 3.36. The van der Waals surface area contributed by atoms with Gasteiger partial charge in [-0.15, -0.1) is 0 Å². The van der Waals surface area contributed by atoms with Crippen LogP contribution < -0.4 is 21.7 Å². The van der Waals surface area contributed by atoms with E-state index in [1.165, 1.54) is 7.11 Å². The quantitative estimate of drug-likeness (QED) is 0.239. The monoisotopic (exact) mass is 519 g/mol. The van der Waals surface area contributed by atoms with E-state index in [1.807, 2.05) is 13.8 Å². The van der Waals surface area contributed by atoms with E-state index >= 15 is 0 Å². The number of nitrogen functional groups attached to an aromatic ring is 1. The highest BCUT2D eigenvalue weighted by atomic mass is 16.5. The molecule has 10 heteroatoms. The highest BCUT2D eigenvalue weighted by Crippen LogP contribution is 2.18. The molecule has 1 aromatic heterocycles. The molecule has 1 heterocycles. The number of ether oxygens (including phenoxy) is 1. The first-order valence-electron chi connectivity index (χ1n) is 12.2. The molecule has 1 atom stereocenters. The summed E-state index contributed by atoms with van der Waals surface area (Å²) >= 11 is 0. The van der Waals surface area contributed by atoms with Crippen LogP contribution in [0.5, 0.6) is 0 Å². The standard InChI is InChI=1S/C28H33N5O5/c1-17(2)11-23(28(37)38-4)32-25(34)13-18-7-5-10-21(12-18)30-27(36)24-15-22(16-33(24)3)31-26(35)19-8-6-9-20(29)14-19/h5-10,12,14-17,23H,11,13,29H2,1-4H3,(H,30,36)(H,31,35)(H,32,34). The lowest BCUT2D eigenvalue weighted by Crippen LogP contribution is -2.43. The summed E-state index contributed by atoms with van der Waals surface area (Å²) in [6, 6.07) is 14.3. The largest absolute Gasteiger partial charge is 0.467 e. The van der Waals surface area contributed by atoms with Gasteiger partial charge in [0, 0.05) is 30.2 Å². The lowest BCUT2D eigenvalue weighted by Gasteiger charge is -2.18. The lowest BCUT2D eigenvalue weighted by atomic mass is 10.0. The third-order valence-corrected chi connectivity index (χ3v) is 5.72. The van der Waals surface area contributed by atoms with Gasteiger partial charge in [-0.25, -0.2) is 4.79 Å². The SMILES string of the molecule is COC(=O)C(CC(C)C)NC(=O)Cc1cccc(NC(=O)c2cc(NC(=O)c3cccc(N)c3)cn2C)c1. The van der Waals surface area contributed by atoms with E-state index in [-0.39, 0.29) is 30.1 Å². The summed E-state index contributed by atoms with van der Waals surface area (Å²) in [5.41, 5.74) is 8.57. The van der Waals surface area contributed by atoms with Crippen LogP contribution in [0.15, 0.2) is 60.8 Å². The Balaban J connectivity index is 1.64. The minimum absolute atomic E-state index is 0.0274. The smallest absolute Gasteiger partial charge is 0.328 e. The van der Waals surface area contributed by atoms with Gasteiger partial charge < -0.3 is 31.0 Å². The van der Waals surface area contributed by atoms with E-state index in [2.05, 4.69) is 16.0 Å². The van der Waals surface area contributed by atoms with Crippen LogP contribution >= 0.6 is 0 Å². The van der Waals surface area contributed by atoms with Crippen LogP contribution in [0.25, 0.3) is 0 Å². The zero-order valence-electron chi connectivity index (χ0n) is 21.9. The van der Waals surface area contributed by atoms with Gasteiger partial charge >= 0.3 is 5.97 Å². The van der Waals surface area contributed by atoms with Crippen LogP contribution in [0.3, 0.4) is 0 Å². The summed E-state index contributed by atoms with van der Waals surface area (Å²) in [5, 5.41) is 8.31. The maximum atomic E-state index is 12.9. The molecule has 3 rings (SSSR count). The predicted molar refractivity (Wildman–Crippen MR) is 146 cm³/mol. The Hall–Kier alpha value is -4.60. The maximum absolute atomic E-state index is 12.9. The zero-order chi connectivity index (χ0) is 27.8. The molecule has 3 aromatic rings. The van der Waals surface area contributed by atoms with Crippen LogP contribution in [0.1, 0.15) is 46.7 Å². The lowest BCUT2D eigenvalue weighted by molar-refractivity contribution is -0.145. The van der Waals surface area contributed by atoms with Gasteiger partial charge in [0.1, 0.15) is 11.7 Å². The summed E-state index contributed by atoms with van der Waals surface area (Å²) < 4.78 is 6.40. The van der Waals surface area contributed by atoms with Crippen LogP contribution in [-0.2, 0) is 27.8 Å². The fraction of sp³-hybridized carbons (Fsp3) is 0.286. The summed E-state index contributed by atoms with van der Waals surface area (Å²) in [6.07, 6.45) is 2.13. The Morgan fingerprint density at radius 2 is 1.66 bits per heavy atom. The van der Waals surface area contributed by atoms with E-state index in [4.69, 9.17) is 10.5 Å². The molecule has 0 fully saturated rings. The van der Waals surface area contributed by atoms with Crippen molar-refractivity contribution < 1.29 is 23.9 Å². The second-order valence-corrected chi connectivity index (χ2v) is 9.41. The second-order valence-electron chi connectivity index (χ2n) is 9.41. The summed E-state index contributed by atoms with van der Waals surface area (Å²) in [5.74, 6) is -1.35. The molecular formula is C28H33N5O5. The number of anilines is 3. The number of aromatic nitrogens is 1. The van der Waals surface area contributed by atoms with Gasteiger partial charge in [-0.2, -0.15) is 0 Å². The molecule has 0 saturated carbocycles. The Morgan fingerprint density at radius 3 is 2.34 bits per heavy atom. The highest BCUT2D eigenvalue weighted by Gasteiger charge is 2.22. The fourth-order valence-electron chi connectivity index (χ4n) is 3.95. The molecule has 10 nitrogen and oxygen atoms in total. The van der Waals surface area contributed by atoms with E-state index in [1.54, 1.807) is 72.4 Å². The summed E-state index contributed by atoms with van der Waals surface area (Å²) in [4.78, 5) is 50.0. The number of rotatable bonds is 10. The molecular weight excluding hydrogens is 486 g/mol. The summed E-state index contributed by atoms with van der Waals surface area (Å²) in [6.45, 7) is 3.91. The first-order chi connectivity index (χ1) is 18.0. The van der Waals surface area contributed by atoms with Crippen molar-refractivity contribution in [2.45, 2.75) is 32.7 Å². The maximum Gasteiger partial charge on any atom is 0.328 e. The van der Waals surface area contributed by atoms with E-state index in [0.717, 1.165) is 0 Å². The third-order valence-electron chi connectivity index (χ3n) is 5.72. The van der Waals surface area contributed by atoms with Gasteiger partial charge in [0.25, 0.3) is 11.8 Å². The van der Waals surface area contributed by atoms with Crippen molar-refractivity contribution in [1.82, 2.24) is 9.88 Å². The van der Waals surface area contributed by atoms with Crippen molar-refractivity contribution in [1.29, 1.82) is 0 Å². The van der Waals surface area contributed by atoms with Crippen molar-refractivity contribution in [3.8, 4) is 0 Å². The molecule has 0 aliphatic carbocycles. The van der Waals surface area contributed by atoms with Crippen LogP contribution in [0.4, 0.5) is 17.1 Å². The van der Waals surface area contributed by atoms with Crippen LogP contribution in [0, 0.1) is 5.92 Å². The van der Waals surface area contributed by atoms with E-state index < -0.39 is 12.0 Å². The van der Waals surface area contributed by atoms with Gasteiger partial charge in [-0.1, -0.05) is 32.0 Å². The van der Waals surface area contributed by atoms with Crippen molar-refractivity contribution in [3.63, 3.8) is 0 Å². The molecule has 0 saturated heterocycles. The molecule has 0 radical (unpaired) electrons. The Bertz CT molecular complexity index is 1330. The van der Waals surface area contributed by atoms with Crippen molar-refractivity contribution in [2.75, 3.05) is 23.5 Å². The average molecular weight is 520 g/mol. The number of carbonyl (C=O) groups is 4. The number of esters is 1. The first kappa shape index (κ1) is 28.0. The molecule has 0 aliphatic rings. The van der Waals surface area contributed by atoms with Gasteiger partial charge in [0.2, 0.25) is 5.91 Å². The minimum atomic E-state index is -0.721. The molecule has 1 unspecified atom stereocenters. The molecule has 38 heavy (non-hydrogen) atoms. The summed E-state index contributed by atoms with van der Waals surface area (Å²) in [7, 11) is 2.98. The number of nitrogens with two attached hydrogens (primary N) is 1. The topological polar surface area (TPSA) is 145 Å². The van der Waals surface area contributed by atoms with Crippen molar-refractivity contribution >= 4 is 40.8 Å². The van der Waals surface area contributed by atoms with Crippen LogP contribution in [0.2, 0.25) is 0 Å². The molecule has 0 aliphatic heterocycles. The Labute approximate surface area is 221 Å². The molecule has 2 aromatic carbocycles. The average Bonchev–Trinajstić information content (AvgIpc) is 3.22. The van der Waals surface area contributed by atoms with Gasteiger partial charge in [0.15, 0.2) is 0 Å². The molecule has 3 amide bonds. The number of amides is 3. The number of benzene rings is 2. The van der Waals surface area contributed by atoms with Crippen molar-refractivity contribution in [2.24, 2.45) is 13.0 Å². The van der Waals surface area contributed by atoms with Crippen LogP contribution in [-0.4, -0.2) is 41.4 Å². The van der Waals surface area contributed by atoms with Gasteiger partial charge in [-0.05, 0) is 54.3 Å². The van der Waals surface area contributed by atoms with E-state index in [9.17, 15) is 19.2 Å². The normalized spacial score (nSPS) is 11.5. The molecule has 200 valence electrons. The molecule has 0 bridgehead atoms. The number of methoxy groups -OCH3 is 1. The number of hydrogen-bond acceptors (Lipinski definition) is 6. The Morgan fingerprint density at radius 1 is 0.947 bits per heavy atom. The van der Waals surface area contributed by atoms with Gasteiger partial charge in [0.05, 0.1) is 19.2 Å². The number of hydrogen-bond donors (Lipinski definition) is 4. The number of nitrogens with one attached hydrogen (secondary N) is 3. The molecule has 5 N–H and O–H groups in total.